The zero-order valence-corrected chi connectivity index (χ0v) is 16.4. The maximum Gasteiger partial charge on any atom is 0.246 e. The predicted octanol–water partition coefficient (Wildman–Crippen LogP) is 2.41. The predicted molar refractivity (Wildman–Crippen MR) is 107 cm³/mol. The van der Waals surface area contributed by atoms with E-state index in [9.17, 15) is 18.5 Å². The summed E-state index contributed by atoms with van der Waals surface area (Å²) in [6, 6.07) is 15.9. The maximum absolute atomic E-state index is 12.8. The number of benzene rings is 2. The van der Waals surface area contributed by atoms with Gasteiger partial charge in [-0.2, -0.15) is 9.57 Å². The third-order valence-electron chi connectivity index (χ3n) is 4.64. The van der Waals surface area contributed by atoms with E-state index >= 15 is 0 Å². The van der Waals surface area contributed by atoms with E-state index < -0.39 is 10.0 Å². The molecule has 0 atom stereocenters. The average molecular weight is 395 g/mol. The number of piperazine rings is 1. The molecule has 3 rings (SSSR count). The van der Waals surface area contributed by atoms with Crippen LogP contribution >= 0.6 is 0 Å². The van der Waals surface area contributed by atoms with Crippen LogP contribution in [0.5, 0.6) is 0 Å². The Labute approximate surface area is 165 Å². The van der Waals surface area contributed by atoms with Gasteiger partial charge in [-0.3, -0.25) is 4.79 Å². The molecule has 1 saturated heterocycles. The Morgan fingerprint density at radius 3 is 2.46 bits per heavy atom. The number of amides is 1. The fraction of sp³-hybridized carbons (Fsp3) is 0.238. The minimum Gasteiger partial charge on any atom is -0.337 e. The van der Waals surface area contributed by atoms with Gasteiger partial charge in [0.05, 0.1) is 10.5 Å². The lowest BCUT2D eigenvalue weighted by Gasteiger charge is -2.33. The maximum atomic E-state index is 12.8. The summed E-state index contributed by atoms with van der Waals surface area (Å²) in [7, 11) is -3.76. The standard InChI is InChI=1S/C21H21N3O3S/c1-17-5-4-6-18(15-17)9-10-21(25)23-11-13-24(14-12-23)28(26,27)20-8-3-2-7-19(20)16-22/h2-10,15H,11-14H2,1H3/b10-9+. The molecule has 1 amide bonds. The first-order chi connectivity index (χ1) is 13.4. The highest BCUT2D eigenvalue weighted by atomic mass is 32.2. The lowest BCUT2D eigenvalue weighted by atomic mass is 10.1. The van der Waals surface area contributed by atoms with Crippen LogP contribution in [0.1, 0.15) is 16.7 Å². The molecule has 1 aliphatic heterocycles. The van der Waals surface area contributed by atoms with Crippen LogP contribution in [0.4, 0.5) is 0 Å². The van der Waals surface area contributed by atoms with Gasteiger partial charge < -0.3 is 4.90 Å². The SMILES string of the molecule is Cc1cccc(/C=C/C(=O)N2CCN(S(=O)(=O)c3ccccc3C#N)CC2)c1. The molecule has 1 aliphatic rings. The topological polar surface area (TPSA) is 81.5 Å². The van der Waals surface area contributed by atoms with E-state index in [1.165, 1.54) is 22.5 Å². The van der Waals surface area contributed by atoms with E-state index in [1.54, 1.807) is 23.1 Å². The van der Waals surface area contributed by atoms with Crippen molar-refractivity contribution in [1.82, 2.24) is 9.21 Å². The van der Waals surface area contributed by atoms with Crippen LogP contribution in [-0.2, 0) is 14.8 Å². The molecule has 28 heavy (non-hydrogen) atoms. The summed E-state index contributed by atoms with van der Waals surface area (Å²) in [4.78, 5) is 14.1. The van der Waals surface area contributed by atoms with Crippen molar-refractivity contribution < 1.29 is 13.2 Å². The van der Waals surface area contributed by atoms with E-state index in [0.29, 0.717) is 13.1 Å². The quantitative estimate of drug-likeness (QED) is 0.745. The number of nitrogens with zero attached hydrogens (tertiary/aromatic N) is 3. The first-order valence-electron chi connectivity index (χ1n) is 8.95. The van der Waals surface area contributed by atoms with Gasteiger partial charge in [-0.25, -0.2) is 8.42 Å². The highest BCUT2D eigenvalue weighted by Gasteiger charge is 2.31. The van der Waals surface area contributed by atoms with E-state index in [2.05, 4.69) is 0 Å². The van der Waals surface area contributed by atoms with E-state index in [-0.39, 0.29) is 29.5 Å². The fourth-order valence-corrected chi connectivity index (χ4v) is 4.68. The first kappa shape index (κ1) is 19.8. The minimum atomic E-state index is -3.76. The smallest absolute Gasteiger partial charge is 0.246 e. The number of rotatable bonds is 4. The summed E-state index contributed by atoms with van der Waals surface area (Å²) in [5.41, 5.74) is 2.19. The van der Waals surface area contributed by atoms with Crippen LogP contribution in [0.2, 0.25) is 0 Å². The van der Waals surface area contributed by atoms with Gasteiger partial charge in [0.2, 0.25) is 15.9 Å². The van der Waals surface area contributed by atoms with Crippen molar-refractivity contribution in [3.63, 3.8) is 0 Å². The Hall–Kier alpha value is -2.95. The van der Waals surface area contributed by atoms with Crippen LogP contribution in [0.25, 0.3) is 6.08 Å². The molecule has 0 unspecified atom stereocenters. The van der Waals surface area contributed by atoms with Crippen molar-refractivity contribution in [2.24, 2.45) is 0 Å². The summed E-state index contributed by atoms with van der Waals surface area (Å²) >= 11 is 0. The van der Waals surface area contributed by atoms with Crippen LogP contribution in [-0.4, -0.2) is 49.7 Å². The van der Waals surface area contributed by atoms with Crippen molar-refractivity contribution in [2.75, 3.05) is 26.2 Å². The highest BCUT2D eigenvalue weighted by Crippen LogP contribution is 2.21. The van der Waals surface area contributed by atoms with Crippen LogP contribution in [0.15, 0.2) is 59.5 Å². The van der Waals surface area contributed by atoms with Gasteiger partial charge in [-0.1, -0.05) is 42.0 Å². The minimum absolute atomic E-state index is 0.0108. The van der Waals surface area contributed by atoms with E-state index in [1.807, 2.05) is 37.3 Å². The average Bonchev–Trinajstić information content (AvgIpc) is 2.72. The van der Waals surface area contributed by atoms with E-state index in [0.717, 1.165) is 11.1 Å². The molecule has 144 valence electrons. The Balaban J connectivity index is 1.65. The normalized spacial score (nSPS) is 15.5. The molecule has 0 spiro atoms. The molecule has 0 saturated carbocycles. The second-order valence-corrected chi connectivity index (χ2v) is 8.49. The Morgan fingerprint density at radius 1 is 1.07 bits per heavy atom. The molecule has 2 aromatic carbocycles. The molecule has 0 aromatic heterocycles. The molecule has 0 aliphatic carbocycles. The monoisotopic (exact) mass is 395 g/mol. The van der Waals surface area contributed by atoms with E-state index in [4.69, 9.17) is 0 Å². The number of hydrogen-bond acceptors (Lipinski definition) is 4. The Kier molecular flexibility index (Phi) is 5.93. The molecule has 6 nitrogen and oxygen atoms in total. The molecular weight excluding hydrogens is 374 g/mol. The number of carbonyl (C=O) groups excluding carboxylic acids is 1. The molecule has 1 fully saturated rings. The van der Waals surface area contributed by atoms with Gasteiger partial charge in [0.25, 0.3) is 0 Å². The number of sulfonamides is 1. The Morgan fingerprint density at radius 2 is 1.79 bits per heavy atom. The third-order valence-corrected chi connectivity index (χ3v) is 6.59. The van der Waals surface area contributed by atoms with Gasteiger partial charge in [-0.15, -0.1) is 0 Å². The lowest BCUT2D eigenvalue weighted by Crippen LogP contribution is -2.50. The Bertz CT molecular complexity index is 1050. The molecule has 1 heterocycles. The largest absolute Gasteiger partial charge is 0.337 e. The summed E-state index contributed by atoms with van der Waals surface area (Å²) in [5, 5.41) is 9.17. The van der Waals surface area contributed by atoms with Gasteiger partial charge in [0, 0.05) is 32.3 Å². The summed E-state index contributed by atoms with van der Waals surface area (Å²) in [6.07, 6.45) is 3.28. The van der Waals surface area contributed by atoms with Crippen molar-refractivity contribution in [2.45, 2.75) is 11.8 Å². The number of aryl methyl sites for hydroxylation is 1. The van der Waals surface area contributed by atoms with Crippen molar-refractivity contribution in [1.29, 1.82) is 5.26 Å². The number of hydrogen-bond donors (Lipinski definition) is 0. The first-order valence-corrected chi connectivity index (χ1v) is 10.4. The summed E-state index contributed by atoms with van der Waals surface area (Å²) in [5.74, 6) is -0.143. The van der Waals surface area contributed by atoms with Gasteiger partial charge in [-0.05, 0) is 30.7 Å². The zero-order valence-electron chi connectivity index (χ0n) is 15.6. The van der Waals surface area contributed by atoms with Gasteiger partial charge in [0.15, 0.2) is 0 Å². The molecule has 7 heteroatoms. The van der Waals surface area contributed by atoms with Crippen LogP contribution < -0.4 is 0 Å². The number of nitriles is 1. The summed E-state index contributed by atoms with van der Waals surface area (Å²) in [6.45, 7) is 3.01. The van der Waals surface area contributed by atoms with Crippen molar-refractivity contribution in [3.8, 4) is 6.07 Å². The van der Waals surface area contributed by atoms with Gasteiger partial charge >= 0.3 is 0 Å². The molecule has 0 bridgehead atoms. The van der Waals surface area contributed by atoms with Crippen molar-refractivity contribution >= 4 is 22.0 Å². The summed E-state index contributed by atoms with van der Waals surface area (Å²) < 4.78 is 27.0. The third kappa shape index (κ3) is 4.30. The van der Waals surface area contributed by atoms with Gasteiger partial charge in [0.1, 0.15) is 6.07 Å². The second-order valence-electron chi connectivity index (χ2n) is 6.58. The highest BCUT2D eigenvalue weighted by molar-refractivity contribution is 7.89. The van der Waals surface area contributed by atoms with Crippen LogP contribution in [0.3, 0.4) is 0 Å². The molecule has 2 aromatic rings. The molecule has 0 radical (unpaired) electrons. The second kappa shape index (κ2) is 8.38. The molecule has 0 N–H and O–H groups in total. The lowest BCUT2D eigenvalue weighted by molar-refractivity contribution is -0.127. The zero-order chi connectivity index (χ0) is 20.1. The number of carbonyl (C=O) groups is 1. The molecular formula is C21H21N3O3S. The fourth-order valence-electron chi connectivity index (χ4n) is 3.12. The van der Waals surface area contributed by atoms with Crippen molar-refractivity contribution in [3.05, 3.63) is 71.3 Å². The van der Waals surface area contributed by atoms with Crippen LogP contribution in [0, 0.1) is 18.3 Å².